The maximum absolute atomic E-state index is 13.8. The predicted octanol–water partition coefficient (Wildman–Crippen LogP) is 3.11. The molecule has 5 rings (SSSR count). The SMILES string of the molecule is COc1ccccc1N1CCN(CC(=O)NC2=NC3CCc4cc(F)c(F)cc4C3C2)CC1. The van der Waals surface area contributed by atoms with Gasteiger partial charge < -0.3 is 15.0 Å². The molecule has 1 fully saturated rings. The Morgan fingerprint density at radius 3 is 2.70 bits per heavy atom. The molecule has 2 atom stereocenters. The third-order valence-corrected chi connectivity index (χ3v) is 6.94. The lowest BCUT2D eigenvalue weighted by atomic mass is 9.79. The first-order chi connectivity index (χ1) is 16.0. The molecule has 2 heterocycles. The molecule has 174 valence electrons. The molecule has 0 aromatic heterocycles. The van der Waals surface area contributed by atoms with E-state index in [9.17, 15) is 13.6 Å². The fraction of sp³-hybridized carbons (Fsp3) is 0.440. The summed E-state index contributed by atoms with van der Waals surface area (Å²) in [6, 6.07) is 10.6. The number of nitrogens with zero attached hydrogens (tertiary/aromatic N) is 3. The highest BCUT2D eigenvalue weighted by atomic mass is 19.2. The van der Waals surface area contributed by atoms with Crippen LogP contribution in [0.4, 0.5) is 14.5 Å². The standard InChI is InChI=1S/C25H28F2N4O2/c1-33-23-5-3-2-4-22(23)31-10-8-30(9-11-31)15-25(32)29-24-14-18-17-13-20(27)19(26)12-16(17)6-7-21(18)28-24/h2-5,12-13,18,21H,6-11,14-15H2,1H3,(H,28,29,32). The van der Waals surface area contributed by atoms with E-state index in [0.717, 1.165) is 55.2 Å². The van der Waals surface area contributed by atoms with E-state index in [4.69, 9.17) is 9.73 Å². The number of ether oxygens (including phenoxy) is 1. The average molecular weight is 455 g/mol. The van der Waals surface area contributed by atoms with Crippen LogP contribution in [0.5, 0.6) is 5.75 Å². The minimum Gasteiger partial charge on any atom is -0.495 e. The number of rotatable bonds is 4. The number of carbonyl (C=O) groups is 1. The van der Waals surface area contributed by atoms with Gasteiger partial charge in [0.25, 0.3) is 0 Å². The number of hydrogen-bond acceptors (Lipinski definition) is 5. The molecule has 1 N–H and O–H groups in total. The van der Waals surface area contributed by atoms with Gasteiger partial charge in [-0.25, -0.2) is 8.78 Å². The van der Waals surface area contributed by atoms with E-state index in [1.165, 1.54) is 12.1 Å². The number of piperazine rings is 1. The Morgan fingerprint density at radius 1 is 1.15 bits per heavy atom. The molecule has 0 bridgehead atoms. The number of benzene rings is 2. The van der Waals surface area contributed by atoms with Gasteiger partial charge in [0.2, 0.25) is 5.91 Å². The van der Waals surface area contributed by atoms with Gasteiger partial charge in [0.05, 0.1) is 25.4 Å². The van der Waals surface area contributed by atoms with Crippen molar-refractivity contribution in [2.24, 2.45) is 4.99 Å². The molecular weight excluding hydrogens is 426 g/mol. The van der Waals surface area contributed by atoms with E-state index in [0.29, 0.717) is 25.2 Å². The number of nitrogens with one attached hydrogen (secondary N) is 1. The fourth-order valence-corrected chi connectivity index (χ4v) is 5.26. The summed E-state index contributed by atoms with van der Waals surface area (Å²) in [6.07, 6.45) is 2.01. The van der Waals surface area contributed by atoms with Gasteiger partial charge in [0, 0.05) is 38.5 Å². The Labute approximate surface area is 192 Å². The van der Waals surface area contributed by atoms with Crippen LogP contribution >= 0.6 is 0 Å². The molecule has 1 amide bonds. The van der Waals surface area contributed by atoms with Crippen molar-refractivity contribution >= 4 is 17.4 Å². The molecule has 6 nitrogen and oxygen atoms in total. The average Bonchev–Trinajstić information content (AvgIpc) is 3.23. The lowest BCUT2D eigenvalue weighted by molar-refractivity contribution is -0.120. The molecule has 2 aliphatic heterocycles. The number of carbonyl (C=O) groups excluding carboxylic acids is 1. The summed E-state index contributed by atoms with van der Waals surface area (Å²) in [5.41, 5.74) is 2.75. The summed E-state index contributed by atoms with van der Waals surface area (Å²) in [4.78, 5) is 21.8. The molecule has 2 aromatic rings. The highest BCUT2D eigenvalue weighted by Crippen LogP contribution is 2.40. The van der Waals surface area contributed by atoms with E-state index in [-0.39, 0.29) is 17.9 Å². The van der Waals surface area contributed by atoms with E-state index in [1.807, 2.05) is 18.2 Å². The number of halogens is 2. The zero-order valence-electron chi connectivity index (χ0n) is 18.7. The minimum atomic E-state index is -0.820. The van der Waals surface area contributed by atoms with Crippen LogP contribution in [0.2, 0.25) is 0 Å². The van der Waals surface area contributed by atoms with Gasteiger partial charge >= 0.3 is 0 Å². The van der Waals surface area contributed by atoms with Crippen molar-refractivity contribution in [2.45, 2.75) is 31.2 Å². The molecular formula is C25H28F2N4O2. The van der Waals surface area contributed by atoms with Crippen molar-refractivity contribution in [2.75, 3.05) is 44.7 Å². The summed E-state index contributed by atoms with van der Waals surface area (Å²) in [7, 11) is 1.68. The lowest BCUT2D eigenvalue weighted by Gasteiger charge is -2.36. The van der Waals surface area contributed by atoms with Crippen LogP contribution in [-0.2, 0) is 11.2 Å². The molecule has 0 radical (unpaired) electrons. The molecule has 0 saturated carbocycles. The number of anilines is 1. The largest absolute Gasteiger partial charge is 0.495 e. The molecule has 3 aliphatic rings. The molecule has 1 aliphatic carbocycles. The number of para-hydroxylation sites is 2. The van der Waals surface area contributed by atoms with E-state index in [2.05, 4.69) is 21.2 Å². The summed E-state index contributed by atoms with van der Waals surface area (Å²) in [5.74, 6) is -0.189. The van der Waals surface area contributed by atoms with Crippen molar-refractivity contribution in [1.29, 1.82) is 0 Å². The number of fused-ring (bicyclic) bond motifs is 3. The van der Waals surface area contributed by atoms with E-state index < -0.39 is 11.6 Å². The molecule has 1 saturated heterocycles. The molecule has 0 spiro atoms. The van der Waals surface area contributed by atoms with Crippen molar-refractivity contribution in [1.82, 2.24) is 10.2 Å². The molecule has 33 heavy (non-hydrogen) atoms. The van der Waals surface area contributed by atoms with Crippen LogP contribution in [0.1, 0.15) is 29.9 Å². The van der Waals surface area contributed by atoms with Crippen molar-refractivity contribution in [3.05, 3.63) is 59.2 Å². The Balaban J connectivity index is 1.15. The second kappa shape index (κ2) is 9.09. The summed E-state index contributed by atoms with van der Waals surface area (Å²) in [5, 5.41) is 2.97. The number of aliphatic imine (C=N–C) groups is 1. The smallest absolute Gasteiger partial charge is 0.239 e. The third kappa shape index (κ3) is 4.44. The minimum absolute atomic E-state index is 0.00328. The van der Waals surface area contributed by atoms with Crippen LogP contribution in [0, 0.1) is 11.6 Å². The zero-order valence-corrected chi connectivity index (χ0v) is 18.7. The van der Waals surface area contributed by atoms with Crippen LogP contribution < -0.4 is 15.0 Å². The quantitative estimate of drug-likeness (QED) is 0.772. The van der Waals surface area contributed by atoms with E-state index in [1.54, 1.807) is 7.11 Å². The monoisotopic (exact) mass is 454 g/mol. The van der Waals surface area contributed by atoms with Crippen molar-refractivity contribution in [3.63, 3.8) is 0 Å². The normalized spacial score (nSPS) is 22.4. The fourth-order valence-electron chi connectivity index (χ4n) is 5.26. The number of amides is 1. The summed E-state index contributed by atoms with van der Waals surface area (Å²) >= 11 is 0. The van der Waals surface area contributed by atoms with E-state index >= 15 is 0 Å². The van der Waals surface area contributed by atoms with Gasteiger partial charge in [-0.05, 0) is 48.2 Å². The second-order valence-corrected chi connectivity index (χ2v) is 8.94. The lowest BCUT2D eigenvalue weighted by Crippen LogP contribution is -2.50. The highest BCUT2D eigenvalue weighted by molar-refractivity contribution is 6.00. The summed E-state index contributed by atoms with van der Waals surface area (Å²) < 4.78 is 32.9. The van der Waals surface area contributed by atoms with Crippen LogP contribution in [0.15, 0.2) is 41.4 Å². The van der Waals surface area contributed by atoms with Crippen LogP contribution in [0.3, 0.4) is 0 Å². The molecule has 2 unspecified atom stereocenters. The maximum Gasteiger partial charge on any atom is 0.239 e. The first-order valence-electron chi connectivity index (χ1n) is 11.5. The summed E-state index contributed by atoms with van der Waals surface area (Å²) in [6.45, 7) is 3.50. The van der Waals surface area contributed by atoms with Crippen LogP contribution in [-0.4, -0.2) is 62.5 Å². The third-order valence-electron chi connectivity index (χ3n) is 6.94. The first-order valence-corrected chi connectivity index (χ1v) is 11.5. The van der Waals surface area contributed by atoms with Gasteiger partial charge in [-0.15, -0.1) is 0 Å². The molecule has 2 aromatic carbocycles. The Morgan fingerprint density at radius 2 is 1.91 bits per heavy atom. The van der Waals surface area contributed by atoms with Gasteiger partial charge in [-0.1, -0.05) is 12.1 Å². The van der Waals surface area contributed by atoms with Crippen LogP contribution in [0.25, 0.3) is 0 Å². The number of hydrogen-bond donors (Lipinski definition) is 1. The van der Waals surface area contributed by atoms with Crippen molar-refractivity contribution in [3.8, 4) is 5.75 Å². The van der Waals surface area contributed by atoms with Gasteiger partial charge in [-0.3, -0.25) is 14.7 Å². The van der Waals surface area contributed by atoms with Gasteiger partial charge in [0.1, 0.15) is 11.6 Å². The zero-order chi connectivity index (χ0) is 22.9. The van der Waals surface area contributed by atoms with Gasteiger partial charge in [-0.2, -0.15) is 0 Å². The van der Waals surface area contributed by atoms with Gasteiger partial charge in [0.15, 0.2) is 11.6 Å². The first kappa shape index (κ1) is 21.8. The maximum atomic E-state index is 13.8. The van der Waals surface area contributed by atoms with Crippen molar-refractivity contribution < 1.29 is 18.3 Å². The number of aryl methyl sites for hydroxylation is 1. The predicted molar refractivity (Wildman–Crippen MR) is 123 cm³/mol. The Hall–Kier alpha value is -3.00. The Bertz CT molecular complexity index is 1080. The second-order valence-electron chi connectivity index (χ2n) is 8.94. The molecule has 8 heteroatoms. The number of amidine groups is 1. The number of methoxy groups -OCH3 is 1. The Kier molecular flexibility index (Phi) is 6.01. The highest BCUT2D eigenvalue weighted by Gasteiger charge is 2.36. The topological polar surface area (TPSA) is 57.2 Å².